The summed E-state index contributed by atoms with van der Waals surface area (Å²) in [7, 11) is 0. The molecule has 1 amide bonds. The van der Waals surface area contributed by atoms with E-state index in [4.69, 9.17) is 13.9 Å². The van der Waals surface area contributed by atoms with Gasteiger partial charge in [0.15, 0.2) is 0 Å². The van der Waals surface area contributed by atoms with E-state index in [1.165, 1.54) is 12.5 Å². The van der Waals surface area contributed by atoms with Crippen LogP contribution in [0.4, 0.5) is 0 Å². The molecule has 120 valence electrons. The lowest BCUT2D eigenvalue weighted by molar-refractivity contribution is -0.0447. The van der Waals surface area contributed by atoms with Gasteiger partial charge in [-0.15, -0.1) is 0 Å². The maximum atomic E-state index is 12.7. The van der Waals surface area contributed by atoms with E-state index < -0.39 is 0 Å². The second kappa shape index (κ2) is 6.04. The van der Waals surface area contributed by atoms with Gasteiger partial charge in [0.2, 0.25) is 0 Å². The number of rotatable bonds is 3. The molecule has 0 bridgehead atoms. The molecule has 0 spiro atoms. The zero-order chi connectivity index (χ0) is 15.6. The zero-order valence-electron chi connectivity index (χ0n) is 12.6. The van der Waals surface area contributed by atoms with Crippen molar-refractivity contribution in [3.05, 3.63) is 48.7 Å². The van der Waals surface area contributed by atoms with Crippen molar-refractivity contribution in [1.29, 1.82) is 0 Å². The minimum atomic E-state index is -0.180. The number of ether oxygens (including phenoxy) is 2. The summed E-state index contributed by atoms with van der Waals surface area (Å²) in [4.78, 5) is 18.6. The summed E-state index contributed by atoms with van der Waals surface area (Å²) in [5, 5.41) is 0. The van der Waals surface area contributed by atoms with Crippen LogP contribution in [-0.4, -0.2) is 47.2 Å². The zero-order valence-corrected chi connectivity index (χ0v) is 12.6. The minimum absolute atomic E-state index is 0.0310. The molecule has 0 unspecified atom stereocenters. The fraction of sp³-hybridized carbons (Fsp3) is 0.412. The Balaban J connectivity index is 1.56. The first-order valence-corrected chi connectivity index (χ1v) is 7.84. The molecule has 2 aliphatic heterocycles. The molecular formula is C17H18N2O4. The third kappa shape index (κ3) is 2.70. The predicted molar refractivity (Wildman–Crippen MR) is 81.2 cm³/mol. The van der Waals surface area contributed by atoms with Crippen LogP contribution in [0.1, 0.15) is 23.2 Å². The molecule has 6 heteroatoms. The van der Waals surface area contributed by atoms with Gasteiger partial charge in [-0.05, 0) is 31.0 Å². The first-order valence-electron chi connectivity index (χ1n) is 7.84. The first kappa shape index (κ1) is 14.3. The molecule has 6 nitrogen and oxygen atoms in total. The second-order valence-corrected chi connectivity index (χ2v) is 5.86. The van der Waals surface area contributed by atoms with Crippen LogP contribution in [0, 0.1) is 0 Å². The standard InChI is InChI=1S/C17H18N2O4/c20-17(12-5-8-21-11-12)19-10-15(16-14(19)4-2-7-22-16)23-13-3-1-6-18-9-13/h1,3,5-6,8-9,11,14-16H,2,4,7,10H2/t14-,15+,16+/m0/s1. The van der Waals surface area contributed by atoms with Crippen molar-refractivity contribution >= 4 is 5.91 Å². The number of fused-ring (bicyclic) bond motifs is 1. The summed E-state index contributed by atoms with van der Waals surface area (Å²) in [5.74, 6) is 0.666. The van der Waals surface area contributed by atoms with Gasteiger partial charge in [-0.1, -0.05) is 0 Å². The van der Waals surface area contributed by atoms with Gasteiger partial charge >= 0.3 is 0 Å². The van der Waals surface area contributed by atoms with E-state index in [9.17, 15) is 4.79 Å². The Morgan fingerprint density at radius 1 is 1.39 bits per heavy atom. The van der Waals surface area contributed by atoms with Crippen molar-refractivity contribution in [3.63, 3.8) is 0 Å². The van der Waals surface area contributed by atoms with Crippen LogP contribution < -0.4 is 4.74 Å². The van der Waals surface area contributed by atoms with E-state index in [0.29, 0.717) is 24.5 Å². The lowest BCUT2D eigenvalue weighted by Gasteiger charge is -2.31. The SMILES string of the molecule is O=C(c1ccoc1)N1C[C@@H](Oc2cccnc2)[C@@H]2OCCC[C@@H]21. The fourth-order valence-corrected chi connectivity index (χ4v) is 3.39. The molecule has 0 saturated carbocycles. The second-order valence-electron chi connectivity index (χ2n) is 5.86. The number of carbonyl (C=O) groups excluding carboxylic acids is 1. The van der Waals surface area contributed by atoms with Crippen LogP contribution in [0.5, 0.6) is 5.75 Å². The summed E-state index contributed by atoms with van der Waals surface area (Å²) in [6.07, 6.45) is 7.99. The highest BCUT2D eigenvalue weighted by Crippen LogP contribution is 2.32. The van der Waals surface area contributed by atoms with Gasteiger partial charge in [0.1, 0.15) is 24.2 Å². The third-order valence-electron chi connectivity index (χ3n) is 4.43. The molecule has 2 aromatic rings. The molecule has 2 aromatic heterocycles. The lowest BCUT2D eigenvalue weighted by atomic mass is 10.0. The van der Waals surface area contributed by atoms with Crippen LogP contribution in [-0.2, 0) is 4.74 Å². The number of nitrogens with zero attached hydrogens (tertiary/aromatic N) is 2. The predicted octanol–water partition coefficient (Wildman–Crippen LogP) is 2.13. The number of hydrogen-bond acceptors (Lipinski definition) is 5. The Hall–Kier alpha value is -2.34. The largest absolute Gasteiger partial charge is 0.484 e. The van der Waals surface area contributed by atoms with E-state index in [1.54, 1.807) is 18.5 Å². The molecule has 2 fully saturated rings. The average Bonchev–Trinajstić information content (AvgIpc) is 3.24. The van der Waals surface area contributed by atoms with E-state index >= 15 is 0 Å². The van der Waals surface area contributed by atoms with Crippen LogP contribution in [0.15, 0.2) is 47.5 Å². The molecule has 4 rings (SSSR count). The molecule has 23 heavy (non-hydrogen) atoms. The summed E-state index contributed by atoms with van der Waals surface area (Å²) >= 11 is 0. The molecule has 0 aliphatic carbocycles. The van der Waals surface area contributed by atoms with E-state index in [0.717, 1.165) is 12.8 Å². The van der Waals surface area contributed by atoms with Gasteiger partial charge in [-0.2, -0.15) is 0 Å². The van der Waals surface area contributed by atoms with Crippen molar-refractivity contribution in [1.82, 2.24) is 9.88 Å². The number of pyridine rings is 1. The molecule has 3 atom stereocenters. The Labute approximate surface area is 134 Å². The minimum Gasteiger partial charge on any atom is -0.484 e. The summed E-state index contributed by atoms with van der Waals surface area (Å²) in [6, 6.07) is 5.44. The van der Waals surface area contributed by atoms with Gasteiger partial charge in [0, 0.05) is 12.8 Å². The van der Waals surface area contributed by atoms with Crippen molar-refractivity contribution < 1.29 is 18.7 Å². The molecule has 2 aliphatic rings. The highest BCUT2D eigenvalue weighted by Gasteiger charge is 2.47. The molecular weight excluding hydrogens is 296 g/mol. The Morgan fingerprint density at radius 2 is 2.35 bits per heavy atom. The molecule has 0 radical (unpaired) electrons. The summed E-state index contributed by atoms with van der Waals surface area (Å²) < 4.78 is 17.0. The average molecular weight is 314 g/mol. The van der Waals surface area contributed by atoms with Gasteiger partial charge in [-0.25, -0.2) is 0 Å². The Morgan fingerprint density at radius 3 is 3.13 bits per heavy atom. The highest BCUT2D eigenvalue weighted by atomic mass is 16.5. The van der Waals surface area contributed by atoms with Crippen molar-refractivity contribution in [2.24, 2.45) is 0 Å². The number of hydrogen-bond donors (Lipinski definition) is 0. The van der Waals surface area contributed by atoms with Crippen molar-refractivity contribution in [3.8, 4) is 5.75 Å². The fourth-order valence-electron chi connectivity index (χ4n) is 3.39. The molecule has 0 aromatic carbocycles. The Kier molecular flexibility index (Phi) is 3.75. The third-order valence-corrected chi connectivity index (χ3v) is 4.43. The number of likely N-dealkylation sites (tertiary alicyclic amines) is 1. The molecule has 2 saturated heterocycles. The van der Waals surface area contributed by atoms with Gasteiger partial charge in [0.05, 0.1) is 30.6 Å². The monoisotopic (exact) mass is 314 g/mol. The molecule has 0 N–H and O–H groups in total. The van der Waals surface area contributed by atoms with Crippen LogP contribution in [0.25, 0.3) is 0 Å². The number of carbonyl (C=O) groups is 1. The molecule has 4 heterocycles. The smallest absolute Gasteiger partial charge is 0.257 e. The summed E-state index contributed by atoms with van der Waals surface area (Å²) in [6.45, 7) is 1.22. The van der Waals surface area contributed by atoms with Crippen molar-refractivity contribution in [2.75, 3.05) is 13.2 Å². The van der Waals surface area contributed by atoms with Crippen LogP contribution in [0.2, 0.25) is 0 Å². The van der Waals surface area contributed by atoms with Gasteiger partial charge in [0.25, 0.3) is 5.91 Å². The maximum absolute atomic E-state index is 12.7. The lowest BCUT2D eigenvalue weighted by Crippen LogP contribution is -2.44. The van der Waals surface area contributed by atoms with E-state index in [2.05, 4.69) is 4.98 Å². The highest BCUT2D eigenvalue weighted by molar-refractivity contribution is 5.94. The first-order chi connectivity index (χ1) is 11.3. The topological polar surface area (TPSA) is 64.8 Å². The summed E-state index contributed by atoms with van der Waals surface area (Å²) in [5.41, 5.74) is 0.566. The number of amides is 1. The maximum Gasteiger partial charge on any atom is 0.257 e. The van der Waals surface area contributed by atoms with E-state index in [1.807, 2.05) is 17.0 Å². The quantitative estimate of drug-likeness (QED) is 0.868. The van der Waals surface area contributed by atoms with Gasteiger partial charge < -0.3 is 18.8 Å². The Bertz CT molecular complexity index is 658. The van der Waals surface area contributed by atoms with Gasteiger partial charge in [-0.3, -0.25) is 9.78 Å². The number of aromatic nitrogens is 1. The normalized spacial score (nSPS) is 26.8. The van der Waals surface area contributed by atoms with Crippen LogP contribution in [0.3, 0.4) is 0 Å². The van der Waals surface area contributed by atoms with E-state index in [-0.39, 0.29) is 24.2 Å². The van der Waals surface area contributed by atoms with Crippen LogP contribution >= 0.6 is 0 Å². The van der Waals surface area contributed by atoms with Crippen molar-refractivity contribution in [2.45, 2.75) is 31.1 Å². The number of furan rings is 1.